The minimum Gasteiger partial charge on any atom is -0.497 e. The van der Waals surface area contributed by atoms with E-state index in [0.29, 0.717) is 12.2 Å². The molecule has 7 heteroatoms. The summed E-state index contributed by atoms with van der Waals surface area (Å²) in [5.74, 6) is 1.17. The number of sulfonamides is 1. The molecule has 126 valence electrons. The van der Waals surface area contributed by atoms with E-state index >= 15 is 0 Å². The molecule has 0 spiro atoms. The summed E-state index contributed by atoms with van der Waals surface area (Å²) >= 11 is 0. The van der Waals surface area contributed by atoms with Crippen molar-refractivity contribution in [2.24, 2.45) is 0 Å². The molecule has 0 unspecified atom stereocenters. The van der Waals surface area contributed by atoms with Crippen LogP contribution in [0.3, 0.4) is 0 Å². The van der Waals surface area contributed by atoms with Crippen LogP contribution in [0.25, 0.3) is 0 Å². The number of benzene rings is 1. The van der Waals surface area contributed by atoms with Gasteiger partial charge in [0, 0.05) is 6.54 Å². The number of aliphatic hydroxyl groups is 1. The first kappa shape index (κ1) is 17.5. The van der Waals surface area contributed by atoms with Gasteiger partial charge in [-0.15, -0.1) is 0 Å². The largest absolute Gasteiger partial charge is 0.497 e. The molecule has 0 aliphatic heterocycles. The monoisotopic (exact) mass is 339 g/mol. The molecule has 1 aromatic carbocycles. The first-order valence-corrected chi connectivity index (χ1v) is 8.97. The minimum atomic E-state index is -3.38. The maximum absolute atomic E-state index is 12.0. The summed E-state index contributed by atoms with van der Waals surface area (Å²) in [4.78, 5) is 0. The van der Waals surface area contributed by atoms with Crippen LogP contribution in [0, 0.1) is 0 Å². The second-order valence-corrected chi connectivity index (χ2v) is 7.06. The van der Waals surface area contributed by atoms with E-state index < -0.39 is 16.1 Å². The van der Waals surface area contributed by atoms with Crippen molar-refractivity contribution in [3.05, 3.63) is 54.0 Å². The number of nitrogens with one attached hydrogen (secondary N) is 1. The van der Waals surface area contributed by atoms with Gasteiger partial charge in [-0.25, -0.2) is 13.1 Å². The van der Waals surface area contributed by atoms with Gasteiger partial charge in [0.25, 0.3) is 0 Å². The molecule has 1 aromatic heterocycles. The lowest BCUT2D eigenvalue weighted by Crippen LogP contribution is -2.29. The molecule has 1 heterocycles. The highest BCUT2D eigenvalue weighted by Gasteiger charge is 2.14. The van der Waals surface area contributed by atoms with Crippen molar-refractivity contribution in [2.45, 2.75) is 18.9 Å². The van der Waals surface area contributed by atoms with E-state index in [1.807, 2.05) is 12.1 Å². The number of aliphatic hydroxyl groups excluding tert-OH is 1. The summed E-state index contributed by atoms with van der Waals surface area (Å²) < 4.78 is 36.5. The van der Waals surface area contributed by atoms with Gasteiger partial charge in [0.1, 0.15) is 17.6 Å². The summed E-state index contributed by atoms with van der Waals surface area (Å²) in [6.07, 6.45) is 1.33. The summed E-state index contributed by atoms with van der Waals surface area (Å²) in [6, 6.07) is 10.6. The zero-order valence-corrected chi connectivity index (χ0v) is 13.8. The Hall–Kier alpha value is -1.83. The molecule has 0 saturated carbocycles. The maximum atomic E-state index is 12.0. The summed E-state index contributed by atoms with van der Waals surface area (Å²) in [5, 5.41) is 9.82. The fraction of sp³-hybridized carbons (Fsp3) is 0.375. The third kappa shape index (κ3) is 5.70. The van der Waals surface area contributed by atoms with Gasteiger partial charge in [0.15, 0.2) is 0 Å². The summed E-state index contributed by atoms with van der Waals surface area (Å²) in [7, 11) is -1.80. The van der Waals surface area contributed by atoms with Crippen LogP contribution in [-0.4, -0.2) is 32.9 Å². The minimum absolute atomic E-state index is 0.00379. The quantitative estimate of drug-likeness (QED) is 0.728. The first-order chi connectivity index (χ1) is 11.0. The molecule has 0 fully saturated rings. The van der Waals surface area contributed by atoms with Crippen LogP contribution in [0.15, 0.2) is 47.1 Å². The molecular weight excluding hydrogens is 318 g/mol. The number of methoxy groups -OCH3 is 1. The van der Waals surface area contributed by atoms with E-state index in [9.17, 15) is 13.5 Å². The van der Waals surface area contributed by atoms with Crippen molar-refractivity contribution in [1.82, 2.24) is 4.72 Å². The lowest BCUT2D eigenvalue weighted by molar-refractivity contribution is 0.142. The van der Waals surface area contributed by atoms with Gasteiger partial charge in [-0.1, -0.05) is 12.1 Å². The van der Waals surface area contributed by atoms with Gasteiger partial charge < -0.3 is 14.3 Å². The fourth-order valence-electron chi connectivity index (χ4n) is 2.09. The summed E-state index contributed by atoms with van der Waals surface area (Å²) in [6.45, 7) is 0.160. The van der Waals surface area contributed by atoms with Crippen molar-refractivity contribution in [3.8, 4) is 5.75 Å². The second-order valence-electron chi connectivity index (χ2n) is 5.13. The Balaban J connectivity index is 1.75. The molecule has 6 nitrogen and oxygen atoms in total. The predicted molar refractivity (Wildman–Crippen MR) is 86.8 cm³/mol. The van der Waals surface area contributed by atoms with E-state index in [0.717, 1.165) is 11.3 Å². The lowest BCUT2D eigenvalue weighted by atomic mass is 10.2. The van der Waals surface area contributed by atoms with Gasteiger partial charge in [-0.3, -0.25) is 0 Å². The molecule has 0 radical (unpaired) electrons. The number of hydrogen-bond donors (Lipinski definition) is 2. The molecule has 1 atom stereocenters. The average Bonchev–Trinajstić information content (AvgIpc) is 3.08. The zero-order valence-electron chi connectivity index (χ0n) is 12.9. The average molecular weight is 339 g/mol. The second kappa shape index (κ2) is 8.14. The number of aryl methyl sites for hydroxylation is 1. The third-order valence-electron chi connectivity index (χ3n) is 3.43. The molecule has 23 heavy (non-hydrogen) atoms. The highest BCUT2D eigenvalue weighted by atomic mass is 32.2. The third-order valence-corrected chi connectivity index (χ3v) is 4.82. The molecule has 0 saturated heterocycles. The Kier molecular flexibility index (Phi) is 6.20. The Labute approximate surface area is 136 Å². The van der Waals surface area contributed by atoms with Gasteiger partial charge in [-0.2, -0.15) is 0 Å². The zero-order chi connectivity index (χ0) is 16.7. The summed E-state index contributed by atoms with van der Waals surface area (Å²) in [5.41, 5.74) is 0.923. The van der Waals surface area contributed by atoms with E-state index in [-0.39, 0.29) is 18.7 Å². The van der Waals surface area contributed by atoms with Crippen molar-refractivity contribution in [1.29, 1.82) is 0 Å². The van der Waals surface area contributed by atoms with Gasteiger partial charge in [0.05, 0.1) is 19.1 Å². The molecular formula is C16H21NO5S. The highest BCUT2D eigenvalue weighted by molar-refractivity contribution is 7.89. The number of rotatable bonds is 9. The number of ether oxygens (including phenoxy) is 1. The van der Waals surface area contributed by atoms with Crippen LogP contribution < -0.4 is 9.46 Å². The Bertz CT molecular complexity index is 680. The van der Waals surface area contributed by atoms with Crippen molar-refractivity contribution in [2.75, 3.05) is 19.4 Å². The molecule has 0 aliphatic carbocycles. The van der Waals surface area contributed by atoms with Crippen molar-refractivity contribution < 1.29 is 22.7 Å². The molecule has 2 aromatic rings. The van der Waals surface area contributed by atoms with Crippen LogP contribution in [0.4, 0.5) is 0 Å². The van der Waals surface area contributed by atoms with E-state index in [1.165, 1.54) is 6.26 Å². The Morgan fingerprint density at radius 1 is 1.26 bits per heavy atom. The predicted octanol–water partition coefficient (Wildman–Crippen LogP) is 1.87. The Morgan fingerprint density at radius 2 is 2.00 bits per heavy atom. The fourth-order valence-corrected chi connectivity index (χ4v) is 3.17. The van der Waals surface area contributed by atoms with Crippen LogP contribution in [-0.2, 0) is 16.4 Å². The molecule has 0 amide bonds. The van der Waals surface area contributed by atoms with Gasteiger partial charge in [0.2, 0.25) is 10.0 Å². The molecule has 2 N–H and O–H groups in total. The van der Waals surface area contributed by atoms with E-state index in [4.69, 9.17) is 9.15 Å². The molecule has 0 bridgehead atoms. The molecule has 2 rings (SSSR count). The van der Waals surface area contributed by atoms with Crippen LogP contribution >= 0.6 is 0 Å². The van der Waals surface area contributed by atoms with E-state index in [1.54, 1.807) is 31.4 Å². The van der Waals surface area contributed by atoms with Crippen LogP contribution in [0.1, 0.15) is 23.8 Å². The molecule has 0 aliphatic rings. The maximum Gasteiger partial charge on any atom is 0.211 e. The SMILES string of the molecule is COc1ccc(CCS(=O)(=O)NCC[C@@H](O)c2ccco2)cc1. The topological polar surface area (TPSA) is 88.8 Å². The van der Waals surface area contributed by atoms with Crippen molar-refractivity contribution >= 4 is 10.0 Å². The highest BCUT2D eigenvalue weighted by Crippen LogP contribution is 2.16. The van der Waals surface area contributed by atoms with Crippen LogP contribution in [0.2, 0.25) is 0 Å². The van der Waals surface area contributed by atoms with Gasteiger partial charge >= 0.3 is 0 Å². The normalized spacial score (nSPS) is 13.0. The Morgan fingerprint density at radius 3 is 2.61 bits per heavy atom. The van der Waals surface area contributed by atoms with Crippen LogP contribution in [0.5, 0.6) is 5.75 Å². The number of hydrogen-bond acceptors (Lipinski definition) is 5. The van der Waals surface area contributed by atoms with Gasteiger partial charge in [-0.05, 0) is 42.7 Å². The number of furan rings is 1. The smallest absolute Gasteiger partial charge is 0.211 e. The van der Waals surface area contributed by atoms with E-state index in [2.05, 4.69) is 4.72 Å². The lowest BCUT2D eigenvalue weighted by Gasteiger charge is -2.10. The first-order valence-electron chi connectivity index (χ1n) is 7.32. The standard InChI is InChI=1S/C16H21NO5S/c1-21-14-6-4-13(5-7-14)9-12-23(19,20)17-10-8-15(18)16-3-2-11-22-16/h2-7,11,15,17-18H,8-10,12H2,1H3/t15-/m1/s1. The van der Waals surface area contributed by atoms with Crippen molar-refractivity contribution in [3.63, 3.8) is 0 Å².